The van der Waals surface area contributed by atoms with E-state index in [9.17, 15) is 14.4 Å². The molecular formula is C28H54O15Si. The average Bonchev–Trinajstić information content (AvgIpc) is 2.98. The van der Waals surface area contributed by atoms with Crippen LogP contribution in [0.25, 0.3) is 0 Å². The fourth-order valence-electron chi connectivity index (χ4n) is 2.36. The Morgan fingerprint density at radius 1 is 0.364 bits per heavy atom. The first-order valence-electron chi connectivity index (χ1n) is 14.6. The van der Waals surface area contributed by atoms with Gasteiger partial charge in [-0.2, -0.15) is 0 Å². The molecule has 0 unspecified atom stereocenters. The summed E-state index contributed by atoms with van der Waals surface area (Å²) in [6.07, 6.45) is 0. The molecule has 0 aromatic heterocycles. The van der Waals surface area contributed by atoms with Crippen molar-refractivity contribution < 1.29 is 72.3 Å². The standard InChI is InChI=1S/3C9H16O5.CH6Si/c3*1-4-12-7(8(10)11)9(13-5-2)14-6-3;1-2/h3*4-6H2,1-3H3,(H,10,11);1-2H3. The van der Waals surface area contributed by atoms with E-state index in [1.54, 1.807) is 62.3 Å². The van der Waals surface area contributed by atoms with Crippen LogP contribution >= 0.6 is 0 Å². The predicted octanol–water partition coefficient (Wildman–Crippen LogP) is 3.45. The Bertz CT molecular complexity index is 721. The van der Waals surface area contributed by atoms with Crippen LogP contribution in [0, 0.1) is 0 Å². The van der Waals surface area contributed by atoms with Gasteiger partial charge in [0.1, 0.15) is 0 Å². The molecule has 3 N–H and O–H groups in total. The third-order valence-electron chi connectivity index (χ3n) is 3.66. The van der Waals surface area contributed by atoms with Gasteiger partial charge in [0.2, 0.25) is 0 Å². The zero-order chi connectivity index (χ0) is 34.9. The molecule has 0 rings (SSSR count). The van der Waals surface area contributed by atoms with Crippen molar-refractivity contribution in [3.8, 4) is 0 Å². The van der Waals surface area contributed by atoms with E-state index in [1.165, 1.54) is 10.2 Å². The second-order valence-electron chi connectivity index (χ2n) is 6.66. The van der Waals surface area contributed by atoms with Crippen LogP contribution in [-0.4, -0.2) is 103 Å². The van der Waals surface area contributed by atoms with Crippen LogP contribution in [0.1, 0.15) is 62.3 Å². The molecule has 0 aliphatic rings. The van der Waals surface area contributed by atoms with Crippen molar-refractivity contribution in [2.75, 3.05) is 59.5 Å². The number of carboxylic acid groups (broad SMARTS) is 3. The molecule has 16 heteroatoms. The summed E-state index contributed by atoms with van der Waals surface area (Å²) in [5.74, 6) is -4.61. The second-order valence-corrected chi connectivity index (χ2v) is 6.66. The van der Waals surface area contributed by atoms with Crippen LogP contribution in [0.4, 0.5) is 0 Å². The Hall–Kier alpha value is -3.95. The number of ether oxygens (including phenoxy) is 9. The van der Waals surface area contributed by atoms with E-state index in [-0.39, 0.29) is 54.9 Å². The monoisotopic (exact) mass is 658 g/mol. The summed E-state index contributed by atoms with van der Waals surface area (Å²) in [4.78, 5) is 32.2. The zero-order valence-electron chi connectivity index (χ0n) is 28.1. The SMILES string of the molecule is CCOC(OCC)=C(OCC)C(=O)O.CCOC(OCC)=C(OCC)C(=O)O.CCOC(OCC)=C(OCC)C(=O)O.C[SiH3]. The van der Waals surface area contributed by atoms with Gasteiger partial charge in [0.05, 0.1) is 59.5 Å². The number of hydrogen-bond acceptors (Lipinski definition) is 12. The van der Waals surface area contributed by atoms with E-state index < -0.39 is 17.9 Å². The first-order chi connectivity index (χ1) is 21.0. The van der Waals surface area contributed by atoms with Crippen molar-refractivity contribution in [1.82, 2.24) is 0 Å². The molecule has 44 heavy (non-hydrogen) atoms. The average molecular weight is 659 g/mol. The van der Waals surface area contributed by atoms with Crippen LogP contribution in [0.5, 0.6) is 0 Å². The van der Waals surface area contributed by atoms with Crippen LogP contribution < -0.4 is 0 Å². The van der Waals surface area contributed by atoms with E-state index in [4.69, 9.17) is 58.0 Å². The first-order valence-corrected chi connectivity index (χ1v) is 16.6. The Morgan fingerprint density at radius 3 is 0.591 bits per heavy atom. The molecule has 0 saturated carbocycles. The highest BCUT2D eigenvalue weighted by Gasteiger charge is 2.20. The van der Waals surface area contributed by atoms with Gasteiger partial charge in [-0.15, -0.1) is 0 Å². The third kappa shape index (κ3) is 23.6. The largest absolute Gasteiger partial charge is 0.482 e. The summed E-state index contributed by atoms with van der Waals surface area (Å²) in [7, 11) is 1.31. The molecule has 0 aliphatic heterocycles. The predicted molar refractivity (Wildman–Crippen MR) is 164 cm³/mol. The summed E-state index contributed by atoms with van der Waals surface area (Å²) in [6.45, 7) is 20.4. The van der Waals surface area contributed by atoms with Crippen LogP contribution in [-0.2, 0) is 57.0 Å². The molecule has 0 fully saturated rings. The van der Waals surface area contributed by atoms with Crippen molar-refractivity contribution in [1.29, 1.82) is 0 Å². The van der Waals surface area contributed by atoms with Gasteiger partial charge in [-0.1, -0.05) is 6.55 Å². The van der Waals surface area contributed by atoms with Gasteiger partial charge >= 0.3 is 35.7 Å². The molecule has 0 amide bonds. The molecule has 0 aliphatic carbocycles. The fourth-order valence-corrected chi connectivity index (χ4v) is 2.36. The lowest BCUT2D eigenvalue weighted by atomic mass is 10.5. The van der Waals surface area contributed by atoms with E-state index >= 15 is 0 Å². The molecule has 0 radical (unpaired) electrons. The zero-order valence-corrected chi connectivity index (χ0v) is 30.1. The van der Waals surface area contributed by atoms with Crippen molar-refractivity contribution in [2.45, 2.75) is 68.9 Å². The van der Waals surface area contributed by atoms with Gasteiger partial charge in [0.25, 0.3) is 17.3 Å². The van der Waals surface area contributed by atoms with E-state index in [2.05, 4.69) is 6.55 Å². The van der Waals surface area contributed by atoms with Crippen LogP contribution in [0.15, 0.2) is 35.1 Å². The molecule has 0 bridgehead atoms. The molecule has 0 spiro atoms. The number of hydrogen-bond donors (Lipinski definition) is 3. The summed E-state index contributed by atoms with van der Waals surface area (Å²) >= 11 is 0. The minimum atomic E-state index is -1.19. The molecule has 0 heterocycles. The number of carbonyl (C=O) groups is 3. The summed E-state index contributed by atoms with van der Waals surface area (Å²) in [6, 6.07) is 0. The summed E-state index contributed by atoms with van der Waals surface area (Å²) in [5, 5.41) is 26.4. The topological polar surface area (TPSA) is 195 Å². The molecular weight excluding hydrogens is 604 g/mol. The normalized spacial score (nSPS) is 8.86. The third-order valence-corrected chi connectivity index (χ3v) is 3.66. The maximum atomic E-state index is 10.7. The molecule has 0 saturated heterocycles. The maximum Gasteiger partial charge on any atom is 0.378 e. The number of rotatable bonds is 21. The quantitative estimate of drug-likeness (QED) is 0.0921. The lowest BCUT2D eigenvalue weighted by molar-refractivity contribution is -0.139. The lowest BCUT2D eigenvalue weighted by Crippen LogP contribution is -2.12. The second kappa shape index (κ2) is 33.5. The Morgan fingerprint density at radius 2 is 0.500 bits per heavy atom. The highest BCUT2D eigenvalue weighted by molar-refractivity contribution is 6.05. The Kier molecular flexibility index (Phi) is 35.8. The lowest BCUT2D eigenvalue weighted by Gasteiger charge is -2.12. The van der Waals surface area contributed by atoms with Crippen LogP contribution in [0.3, 0.4) is 0 Å². The van der Waals surface area contributed by atoms with E-state index in [1.807, 2.05) is 0 Å². The Balaban J connectivity index is -0.000000265. The summed E-state index contributed by atoms with van der Waals surface area (Å²) < 4.78 is 44.8. The van der Waals surface area contributed by atoms with Crippen LogP contribution in [0.2, 0.25) is 6.55 Å². The first kappa shape index (κ1) is 47.0. The smallest absolute Gasteiger partial charge is 0.378 e. The van der Waals surface area contributed by atoms with Crippen molar-refractivity contribution in [3.05, 3.63) is 35.1 Å². The van der Waals surface area contributed by atoms with Gasteiger partial charge in [-0.3, -0.25) is 0 Å². The van der Waals surface area contributed by atoms with Crippen molar-refractivity contribution >= 4 is 28.2 Å². The van der Waals surface area contributed by atoms with Gasteiger partial charge in [-0.05, 0) is 72.6 Å². The maximum absolute atomic E-state index is 10.7. The highest BCUT2D eigenvalue weighted by atomic mass is 28.1. The minimum Gasteiger partial charge on any atom is -0.482 e. The molecule has 260 valence electrons. The molecule has 0 aromatic rings. The van der Waals surface area contributed by atoms with Crippen molar-refractivity contribution in [2.24, 2.45) is 0 Å². The van der Waals surface area contributed by atoms with E-state index in [0.29, 0.717) is 39.6 Å². The molecule has 0 aromatic carbocycles. The van der Waals surface area contributed by atoms with Gasteiger partial charge in [0.15, 0.2) is 0 Å². The minimum absolute atomic E-state index is 0.0654. The number of aliphatic carboxylic acids is 3. The van der Waals surface area contributed by atoms with E-state index in [0.717, 1.165) is 0 Å². The van der Waals surface area contributed by atoms with Gasteiger partial charge < -0.3 is 58.0 Å². The van der Waals surface area contributed by atoms with Gasteiger partial charge in [-0.25, -0.2) is 14.4 Å². The fraction of sp³-hybridized carbons (Fsp3) is 0.679. The highest BCUT2D eigenvalue weighted by Crippen LogP contribution is 2.12. The Labute approximate surface area is 264 Å². The van der Waals surface area contributed by atoms with Gasteiger partial charge in [0, 0.05) is 0 Å². The summed E-state index contributed by atoms with van der Waals surface area (Å²) in [5.41, 5.74) is 0. The number of carboxylic acids is 3. The molecule has 0 atom stereocenters. The van der Waals surface area contributed by atoms with Crippen molar-refractivity contribution in [3.63, 3.8) is 0 Å². The molecule has 15 nitrogen and oxygen atoms in total.